The molecule has 3 aromatic rings. The van der Waals surface area contributed by atoms with Gasteiger partial charge in [0.2, 0.25) is 0 Å². The first-order chi connectivity index (χ1) is 11.3. The third kappa shape index (κ3) is 3.89. The van der Waals surface area contributed by atoms with Crippen LogP contribution < -0.4 is 5.32 Å². The second-order valence-corrected chi connectivity index (χ2v) is 5.98. The van der Waals surface area contributed by atoms with Crippen molar-refractivity contribution < 1.29 is 0 Å². The summed E-state index contributed by atoms with van der Waals surface area (Å²) in [4.78, 5) is 4.75. The molecule has 0 unspecified atom stereocenters. The Labute approximate surface area is 137 Å². The average Bonchev–Trinajstić information content (AvgIpc) is 2.97. The van der Waals surface area contributed by atoms with E-state index in [9.17, 15) is 0 Å². The topological polar surface area (TPSA) is 42.7 Å². The molecule has 0 fully saturated rings. The van der Waals surface area contributed by atoms with E-state index in [0.29, 0.717) is 0 Å². The zero-order valence-corrected chi connectivity index (χ0v) is 13.9. The maximum atomic E-state index is 4.75. The number of rotatable bonds is 7. The molecular weight excluding hydrogens is 284 g/mol. The standard InChI is InChI=1S/C19H24N4/c1-3-7-16-12-19(17-9-4-5-10-18(17)22-16)20-11-6-8-15-13-21-23(2)14-15/h4-5,9-10,12-14H,3,6-8,11H2,1-2H3,(H,20,22). The maximum Gasteiger partial charge on any atom is 0.0726 e. The Morgan fingerprint density at radius 2 is 2.04 bits per heavy atom. The number of hydrogen-bond donors (Lipinski definition) is 1. The summed E-state index contributed by atoms with van der Waals surface area (Å²) < 4.78 is 1.86. The SMILES string of the molecule is CCCc1cc(NCCCc2cnn(C)c2)c2ccccc2n1. The highest BCUT2D eigenvalue weighted by molar-refractivity contribution is 5.91. The Morgan fingerprint density at radius 3 is 2.83 bits per heavy atom. The third-order valence-electron chi connectivity index (χ3n) is 3.99. The fourth-order valence-corrected chi connectivity index (χ4v) is 2.88. The minimum absolute atomic E-state index is 0.953. The van der Waals surface area contributed by atoms with E-state index in [2.05, 4.69) is 53.9 Å². The van der Waals surface area contributed by atoms with Crippen LogP contribution in [0.5, 0.6) is 0 Å². The molecule has 4 heteroatoms. The van der Waals surface area contributed by atoms with E-state index in [1.165, 1.54) is 22.3 Å². The van der Waals surface area contributed by atoms with Crippen LogP contribution in [-0.2, 0) is 19.9 Å². The smallest absolute Gasteiger partial charge is 0.0726 e. The van der Waals surface area contributed by atoms with Crippen molar-refractivity contribution in [1.29, 1.82) is 0 Å². The van der Waals surface area contributed by atoms with Crippen LogP contribution in [0.4, 0.5) is 5.69 Å². The average molecular weight is 308 g/mol. The van der Waals surface area contributed by atoms with E-state index in [1.807, 2.05) is 17.9 Å². The molecule has 1 N–H and O–H groups in total. The Bertz CT molecular complexity index is 776. The van der Waals surface area contributed by atoms with Crippen molar-refractivity contribution >= 4 is 16.6 Å². The second kappa shape index (κ2) is 7.27. The van der Waals surface area contributed by atoms with Gasteiger partial charge in [-0.05, 0) is 37.0 Å². The van der Waals surface area contributed by atoms with Gasteiger partial charge in [0.25, 0.3) is 0 Å². The summed E-state index contributed by atoms with van der Waals surface area (Å²) in [5.74, 6) is 0. The van der Waals surface area contributed by atoms with E-state index in [0.717, 1.165) is 37.7 Å². The van der Waals surface area contributed by atoms with Gasteiger partial charge in [-0.25, -0.2) is 0 Å². The van der Waals surface area contributed by atoms with Gasteiger partial charge in [-0.15, -0.1) is 0 Å². The summed E-state index contributed by atoms with van der Waals surface area (Å²) in [6, 6.07) is 10.6. The van der Waals surface area contributed by atoms with Crippen LogP contribution in [0.2, 0.25) is 0 Å². The van der Waals surface area contributed by atoms with Crippen LogP contribution in [0.3, 0.4) is 0 Å². The molecule has 0 aliphatic heterocycles. The van der Waals surface area contributed by atoms with Gasteiger partial charge in [0.15, 0.2) is 0 Å². The number of fused-ring (bicyclic) bond motifs is 1. The highest BCUT2D eigenvalue weighted by Gasteiger charge is 2.05. The summed E-state index contributed by atoms with van der Waals surface area (Å²) in [7, 11) is 1.96. The zero-order valence-electron chi connectivity index (χ0n) is 13.9. The first kappa shape index (κ1) is 15.5. The van der Waals surface area contributed by atoms with Crippen molar-refractivity contribution in [1.82, 2.24) is 14.8 Å². The lowest BCUT2D eigenvalue weighted by Gasteiger charge is -2.11. The number of para-hydroxylation sites is 1. The maximum absolute atomic E-state index is 4.75. The van der Waals surface area contributed by atoms with Crippen LogP contribution in [0.25, 0.3) is 10.9 Å². The molecule has 0 aliphatic carbocycles. The number of aryl methyl sites for hydroxylation is 3. The molecule has 2 heterocycles. The Kier molecular flexibility index (Phi) is 4.91. The summed E-state index contributed by atoms with van der Waals surface area (Å²) in [6.07, 6.45) is 8.31. The molecule has 0 amide bonds. The van der Waals surface area contributed by atoms with E-state index < -0.39 is 0 Å². The second-order valence-electron chi connectivity index (χ2n) is 5.98. The van der Waals surface area contributed by atoms with Crippen molar-refractivity contribution in [2.24, 2.45) is 7.05 Å². The first-order valence-electron chi connectivity index (χ1n) is 8.36. The molecule has 0 saturated heterocycles. The predicted molar refractivity (Wildman–Crippen MR) is 95.8 cm³/mol. The number of aromatic nitrogens is 3. The third-order valence-corrected chi connectivity index (χ3v) is 3.99. The lowest BCUT2D eigenvalue weighted by Crippen LogP contribution is -2.05. The van der Waals surface area contributed by atoms with Crippen molar-refractivity contribution in [2.75, 3.05) is 11.9 Å². The Hall–Kier alpha value is -2.36. The van der Waals surface area contributed by atoms with E-state index in [-0.39, 0.29) is 0 Å². The predicted octanol–water partition coefficient (Wildman–Crippen LogP) is 3.97. The van der Waals surface area contributed by atoms with E-state index >= 15 is 0 Å². The molecule has 1 aromatic carbocycles. The van der Waals surface area contributed by atoms with Crippen LogP contribution in [0, 0.1) is 0 Å². The summed E-state index contributed by atoms with van der Waals surface area (Å²) in [5.41, 5.74) is 4.74. The van der Waals surface area contributed by atoms with E-state index in [4.69, 9.17) is 4.98 Å². The van der Waals surface area contributed by atoms with Gasteiger partial charge in [0, 0.05) is 36.6 Å². The van der Waals surface area contributed by atoms with Gasteiger partial charge in [-0.2, -0.15) is 5.10 Å². The number of benzene rings is 1. The molecule has 4 nitrogen and oxygen atoms in total. The molecule has 0 atom stereocenters. The van der Waals surface area contributed by atoms with Gasteiger partial charge in [0.1, 0.15) is 0 Å². The summed E-state index contributed by atoms with van der Waals surface area (Å²) in [6.45, 7) is 3.15. The van der Waals surface area contributed by atoms with Crippen molar-refractivity contribution in [3.05, 3.63) is 54.0 Å². The lowest BCUT2D eigenvalue weighted by molar-refractivity contribution is 0.766. The minimum Gasteiger partial charge on any atom is -0.384 e. The largest absolute Gasteiger partial charge is 0.384 e. The normalized spacial score (nSPS) is 11.0. The van der Waals surface area contributed by atoms with Crippen molar-refractivity contribution in [2.45, 2.75) is 32.6 Å². The van der Waals surface area contributed by atoms with Gasteiger partial charge in [-0.3, -0.25) is 9.67 Å². The summed E-state index contributed by atoms with van der Waals surface area (Å²) >= 11 is 0. The molecule has 0 aliphatic rings. The fourth-order valence-electron chi connectivity index (χ4n) is 2.88. The minimum atomic E-state index is 0.953. The van der Waals surface area contributed by atoms with Crippen LogP contribution >= 0.6 is 0 Å². The Morgan fingerprint density at radius 1 is 1.17 bits per heavy atom. The van der Waals surface area contributed by atoms with Crippen LogP contribution in [0.15, 0.2) is 42.7 Å². The Balaban J connectivity index is 1.68. The molecule has 0 saturated carbocycles. The summed E-state index contributed by atoms with van der Waals surface area (Å²) in [5, 5.41) is 9.01. The number of anilines is 1. The molecule has 0 bridgehead atoms. The van der Waals surface area contributed by atoms with Gasteiger partial charge in [-0.1, -0.05) is 31.5 Å². The molecule has 23 heavy (non-hydrogen) atoms. The first-order valence-corrected chi connectivity index (χ1v) is 8.36. The quantitative estimate of drug-likeness (QED) is 0.672. The number of hydrogen-bond acceptors (Lipinski definition) is 3. The van der Waals surface area contributed by atoms with Gasteiger partial charge >= 0.3 is 0 Å². The zero-order chi connectivity index (χ0) is 16.1. The lowest BCUT2D eigenvalue weighted by atomic mass is 10.1. The van der Waals surface area contributed by atoms with Crippen LogP contribution in [0.1, 0.15) is 31.0 Å². The molecule has 0 spiro atoms. The molecule has 3 rings (SSSR count). The molecule has 120 valence electrons. The van der Waals surface area contributed by atoms with Crippen molar-refractivity contribution in [3.8, 4) is 0 Å². The number of pyridine rings is 1. The monoisotopic (exact) mass is 308 g/mol. The molecular formula is C19H24N4. The van der Waals surface area contributed by atoms with Gasteiger partial charge < -0.3 is 5.32 Å². The number of nitrogens with one attached hydrogen (secondary N) is 1. The molecule has 2 aromatic heterocycles. The fraction of sp³-hybridized carbons (Fsp3) is 0.368. The molecule has 0 radical (unpaired) electrons. The highest BCUT2D eigenvalue weighted by Crippen LogP contribution is 2.23. The van der Waals surface area contributed by atoms with Crippen LogP contribution in [-0.4, -0.2) is 21.3 Å². The number of nitrogens with zero attached hydrogens (tertiary/aromatic N) is 3. The van der Waals surface area contributed by atoms with E-state index in [1.54, 1.807) is 0 Å². The van der Waals surface area contributed by atoms with Crippen molar-refractivity contribution in [3.63, 3.8) is 0 Å². The van der Waals surface area contributed by atoms with Gasteiger partial charge in [0.05, 0.1) is 11.7 Å². The highest BCUT2D eigenvalue weighted by atomic mass is 15.2.